The van der Waals surface area contributed by atoms with E-state index in [0.29, 0.717) is 44.6 Å². The topological polar surface area (TPSA) is 49.9 Å². The SMILES string of the molecule is CCOc1ccc(CN(C)C(=O)C2CCN(C(=O)c3ccc(F)cc3)CC2)cc1. The van der Waals surface area contributed by atoms with Gasteiger partial charge in [0.05, 0.1) is 6.61 Å². The summed E-state index contributed by atoms with van der Waals surface area (Å²) in [7, 11) is 1.81. The van der Waals surface area contributed by atoms with Gasteiger partial charge in [0.15, 0.2) is 0 Å². The lowest BCUT2D eigenvalue weighted by molar-refractivity contribution is -0.136. The van der Waals surface area contributed by atoms with E-state index in [2.05, 4.69) is 0 Å². The van der Waals surface area contributed by atoms with Crippen LogP contribution in [-0.4, -0.2) is 48.4 Å². The van der Waals surface area contributed by atoms with Gasteiger partial charge in [0, 0.05) is 38.2 Å². The van der Waals surface area contributed by atoms with Crippen LogP contribution in [0.2, 0.25) is 0 Å². The van der Waals surface area contributed by atoms with Crippen LogP contribution in [0.15, 0.2) is 48.5 Å². The smallest absolute Gasteiger partial charge is 0.253 e. The van der Waals surface area contributed by atoms with Gasteiger partial charge >= 0.3 is 0 Å². The molecule has 0 aromatic heterocycles. The molecule has 1 fully saturated rings. The zero-order chi connectivity index (χ0) is 20.8. The predicted octanol–water partition coefficient (Wildman–Crippen LogP) is 3.74. The van der Waals surface area contributed by atoms with Crippen molar-refractivity contribution in [3.63, 3.8) is 0 Å². The minimum atomic E-state index is -0.360. The zero-order valence-corrected chi connectivity index (χ0v) is 16.9. The van der Waals surface area contributed by atoms with Crippen LogP contribution in [-0.2, 0) is 11.3 Å². The van der Waals surface area contributed by atoms with Crippen molar-refractivity contribution < 1.29 is 18.7 Å². The van der Waals surface area contributed by atoms with Crippen LogP contribution < -0.4 is 4.74 Å². The maximum absolute atomic E-state index is 13.0. The molecule has 2 amide bonds. The maximum atomic E-state index is 13.0. The third kappa shape index (κ3) is 5.34. The van der Waals surface area contributed by atoms with Gasteiger partial charge < -0.3 is 14.5 Å². The molecule has 3 rings (SSSR count). The first kappa shape index (κ1) is 20.8. The molecule has 6 heteroatoms. The highest BCUT2D eigenvalue weighted by molar-refractivity contribution is 5.94. The molecule has 2 aromatic carbocycles. The highest BCUT2D eigenvalue weighted by atomic mass is 19.1. The summed E-state index contributed by atoms with van der Waals surface area (Å²) in [5.74, 6) is 0.371. The number of amides is 2. The molecule has 0 spiro atoms. The molecule has 5 nitrogen and oxygen atoms in total. The summed E-state index contributed by atoms with van der Waals surface area (Å²) in [6.07, 6.45) is 1.28. The Balaban J connectivity index is 1.51. The highest BCUT2D eigenvalue weighted by Crippen LogP contribution is 2.22. The number of rotatable bonds is 6. The van der Waals surface area contributed by atoms with Gasteiger partial charge in [-0.3, -0.25) is 9.59 Å². The van der Waals surface area contributed by atoms with Crippen LogP contribution in [0.25, 0.3) is 0 Å². The number of halogens is 1. The Morgan fingerprint density at radius 1 is 1.07 bits per heavy atom. The zero-order valence-electron chi connectivity index (χ0n) is 16.9. The second-order valence-electron chi connectivity index (χ2n) is 7.34. The van der Waals surface area contributed by atoms with Gasteiger partial charge in [-0.25, -0.2) is 4.39 Å². The van der Waals surface area contributed by atoms with Gasteiger partial charge in [-0.2, -0.15) is 0 Å². The van der Waals surface area contributed by atoms with E-state index in [1.807, 2.05) is 38.2 Å². The number of benzene rings is 2. The molecule has 1 saturated heterocycles. The van der Waals surface area contributed by atoms with E-state index >= 15 is 0 Å². The second-order valence-corrected chi connectivity index (χ2v) is 7.34. The molecule has 0 saturated carbocycles. The van der Waals surface area contributed by atoms with Crippen LogP contribution in [0, 0.1) is 11.7 Å². The van der Waals surface area contributed by atoms with E-state index in [9.17, 15) is 14.0 Å². The standard InChI is InChI=1S/C23H27FN2O3/c1-3-29-21-10-4-17(5-11-21)16-25(2)22(27)19-12-14-26(15-13-19)23(28)18-6-8-20(24)9-7-18/h4-11,19H,3,12-16H2,1-2H3. The molecule has 0 aliphatic carbocycles. The number of carbonyl (C=O) groups excluding carboxylic acids is 2. The highest BCUT2D eigenvalue weighted by Gasteiger charge is 2.29. The predicted molar refractivity (Wildman–Crippen MR) is 109 cm³/mol. The van der Waals surface area contributed by atoms with Crippen molar-refractivity contribution in [1.82, 2.24) is 9.80 Å². The largest absolute Gasteiger partial charge is 0.494 e. The molecule has 0 N–H and O–H groups in total. The van der Waals surface area contributed by atoms with Gasteiger partial charge in [0.2, 0.25) is 5.91 Å². The van der Waals surface area contributed by atoms with Crippen molar-refractivity contribution in [2.75, 3.05) is 26.7 Å². The van der Waals surface area contributed by atoms with Crippen molar-refractivity contribution in [3.8, 4) is 5.75 Å². The minimum absolute atomic E-state index is 0.0834. The van der Waals surface area contributed by atoms with Crippen molar-refractivity contribution in [3.05, 3.63) is 65.5 Å². The van der Waals surface area contributed by atoms with Crippen molar-refractivity contribution in [2.24, 2.45) is 5.92 Å². The quantitative estimate of drug-likeness (QED) is 0.745. The molecule has 29 heavy (non-hydrogen) atoms. The molecular formula is C23H27FN2O3. The molecule has 154 valence electrons. The van der Waals surface area contributed by atoms with Gasteiger partial charge in [-0.1, -0.05) is 12.1 Å². The summed E-state index contributed by atoms with van der Waals surface area (Å²) in [5.41, 5.74) is 1.53. The van der Waals surface area contributed by atoms with Crippen molar-refractivity contribution in [1.29, 1.82) is 0 Å². The molecule has 2 aromatic rings. The average molecular weight is 398 g/mol. The summed E-state index contributed by atoms with van der Waals surface area (Å²) in [5, 5.41) is 0. The molecule has 1 aliphatic rings. The van der Waals surface area contributed by atoms with E-state index in [1.165, 1.54) is 24.3 Å². The number of nitrogens with zero attached hydrogens (tertiary/aromatic N) is 2. The molecule has 1 aliphatic heterocycles. The third-order valence-corrected chi connectivity index (χ3v) is 5.25. The number of piperidine rings is 1. The number of ether oxygens (including phenoxy) is 1. The van der Waals surface area contributed by atoms with Gasteiger partial charge in [0.25, 0.3) is 5.91 Å². The minimum Gasteiger partial charge on any atom is -0.494 e. The lowest BCUT2D eigenvalue weighted by Gasteiger charge is -2.33. The summed E-state index contributed by atoms with van der Waals surface area (Å²) < 4.78 is 18.5. The Kier molecular flexibility index (Phi) is 6.86. The third-order valence-electron chi connectivity index (χ3n) is 5.25. The Morgan fingerprint density at radius 2 is 1.69 bits per heavy atom. The first-order valence-electron chi connectivity index (χ1n) is 9.99. The van der Waals surface area contributed by atoms with E-state index in [-0.39, 0.29) is 23.5 Å². The summed E-state index contributed by atoms with van der Waals surface area (Å²) >= 11 is 0. The molecule has 0 atom stereocenters. The molecule has 0 radical (unpaired) electrons. The van der Waals surface area contributed by atoms with Gasteiger partial charge in [-0.15, -0.1) is 0 Å². The summed E-state index contributed by atoms with van der Waals surface area (Å²) in [4.78, 5) is 28.8. The fraction of sp³-hybridized carbons (Fsp3) is 0.391. The van der Waals surface area contributed by atoms with Crippen LogP contribution in [0.3, 0.4) is 0 Å². The number of likely N-dealkylation sites (tertiary alicyclic amines) is 1. The van der Waals surface area contributed by atoms with Gasteiger partial charge in [-0.05, 0) is 61.7 Å². The average Bonchev–Trinajstić information content (AvgIpc) is 2.75. The molecule has 1 heterocycles. The Hall–Kier alpha value is -2.89. The Morgan fingerprint density at radius 3 is 2.28 bits per heavy atom. The summed E-state index contributed by atoms with van der Waals surface area (Å²) in [6, 6.07) is 13.3. The van der Waals surface area contributed by atoms with E-state index < -0.39 is 0 Å². The molecule has 0 unspecified atom stereocenters. The van der Waals surface area contributed by atoms with Crippen molar-refractivity contribution in [2.45, 2.75) is 26.3 Å². The first-order valence-corrected chi connectivity index (χ1v) is 9.99. The fourth-order valence-corrected chi connectivity index (χ4v) is 3.63. The summed E-state index contributed by atoms with van der Waals surface area (Å²) in [6.45, 7) is 4.17. The maximum Gasteiger partial charge on any atom is 0.253 e. The van der Waals surface area contributed by atoms with E-state index in [4.69, 9.17) is 4.74 Å². The molecule has 0 bridgehead atoms. The van der Waals surface area contributed by atoms with Gasteiger partial charge in [0.1, 0.15) is 11.6 Å². The van der Waals surface area contributed by atoms with Crippen LogP contribution in [0.1, 0.15) is 35.7 Å². The lowest BCUT2D eigenvalue weighted by Crippen LogP contribution is -2.43. The van der Waals surface area contributed by atoms with Crippen LogP contribution in [0.4, 0.5) is 4.39 Å². The Labute approximate surface area is 171 Å². The van der Waals surface area contributed by atoms with E-state index in [1.54, 1.807) is 9.80 Å². The number of carbonyl (C=O) groups is 2. The van der Waals surface area contributed by atoms with Crippen LogP contribution in [0.5, 0.6) is 5.75 Å². The lowest BCUT2D eigenvalue weighted by atomic mass is 9.94. The van der Waals surface area contributed by atoms with Crippen molar-refractivity contribution >= 4 is 11.8 Å². The van der Waals surface area contributed by atoms with E-state index in [0.717, 1.165) is 11.3 Å². The second kappa shape index (κ2) is 9.54. The number of hydrogen-bond donors (Lipinski definition) is 0. The number of hydrogen-bond acceptors (Lipinski definition) is 3. The fourth-order valence-electron chi connectivity index (χ4n) is 3.63. The monoisotopic (exact) mass is 398 g/mol. The van der Waals surface area contributed by atoms with Crippen LogP contribution >= 0.6 is 0 Å². The Bertz CT molecular complexity index is 828. The first-order chi connectivity index (χ1) is 14.0. The molecular weight excluding hydrogens is 371 g/mol. The normalized spacial score (nSPS) is 14.5.